The predicted molar refractivity (Wildman–Crippen MR) is 83.9 cm³/mol. The molecule has 1 fully saturated rings. The average Bonchev–Trinajstić information content (AvgIpc) is 2.56. The Morgan fingerprint density at radius 2 is 2.00 bits per heavy atom. The molecule has 0 bridgehead atoms. The fourth-order valence-electron chi connectivity index (χ4n) is 2.96. The van der Waals surface area contributed by atoms with E-state index in [1.165, 1.54) is 12.1 Å². The Morgan fingerprint density at radius 1 is 1.23 bits per heavy atom. The van der Waals surface area contributed by atoms with Crippen molar-refractivity contribution in [2.45, 2.75) is 25.7 Å². The number of benzene rings is 1. The number of carbonyl (C=O) groups excluding carboxylic acids is 1. The third-order valence-electron chi connectivity index (χ3n) is 4.20. The van der Waals surface area contributed by atoms with Crippen molar-refractivity contribution in [1.82, 2.24) is 9.88 Å². The first-order valence-electron chi connectivity index (χ1n) is 7.62. The number of hydrogen-bond acceptors (Lipinski definition) is 2. The summed E-state index contributed by atoms with van der Waals surface area (Å²) in [5.74, 6) is 0.154. The van der Waals surface area contributed by atoms with Gasteiger partial charge in [0.25, 0.3) is 0 Å². The average molecular weight is 298 g/mol. The molecule has 0 N–H and O–H groups in total. The number of nitrogens with zero attached hydrogens (tertiary/aromatic N) is 2. The van der Waals surface area contributed by atoms with Crippen LogP contribution < -0.4 is 0 Å². The minimum atomic E-state index is -0.246. The van der Waals surface area contributed by atoms with Crippen LogP contribution >= 0.6 is 0 Å². The molecule has 3 nitrogen and oxygen atoms in total. The molecule has 2 aromatic rings. The monoisotopic (exact) mass is 298 g/mol. The minimum absolute atomic E-state index is 0.124. The minimum Gasteiger partial charge on any atom is -0.342 e. The summed E-state index contributed by atoms with van der Waals surface area (Å²) < 4.78 is 13.0. The number of halogens is 1. The zero-order valence-corrected chi connectivity index (χ0v) is 12.6. The molecular formula is C18H19FN2O. The maximum atomic E-state index is 13.0. The molecule has 4 heteroatoms. The van der Waals surface area contributed by atoms with Gasteiger partial charge in [-0.1, -0.05) is 6.07 Å². The van der Waals surface area contributed by atoms with Crippen molar-refractivity contribution in [2.24, 2.45) is 0 Å². The maximum absolute atomic E-state index is 13.0. The summed E-state index contributed by atoms with van der Waals surface area (Å²) in [7, 11) is 0. The van der Waals surface area contributed by atoms with Gasteiger partial charge in [-0.15, -0.1) is 0 Å². The first-order valence-corrected chi connectivity index (χ1v) is 7.62. The van der Waals surface area contributed by atoms with Crippen LogP contribution in [0.15, 0.2) is 42.5 Å². The molecule has 2 heterocycles. The van der Waals surface area contributed by atoms with Gasteiger partial charge in [-0.2, -0.15) is 0 Å². The second-order valence-electron chi connectivity index (χ2n) is 5.76. The van der Waals surface area contributed by atoms with Crippen molar-refractivity contribution in [3.63, 3.8) is 0 Å². The summed E-state index contributed by atoms with van der Waals surface area (Å²) in [6.45, 7) is 3.18. The number of pyridine rings is 1. The Balaban J connectivity index is 1.84. The van der Waals surface area contributed by atoms with Gasteiger partial charge in [0, 0.05) is 37.2 Å². The van der Waals surface area contributed by atoms with Crippen LogP contribution in [0.3, 0.4) is 0 Å². The summed E-state index contributed by atoms with van der Waals surface area (Å²) >= 11 is 0. The molecular weight excluding hydrogens is 279 g/mol. The molecule has 0 spiro atoms. The molecule has 1 aliphatic rings. The Hall–Kier alpha value is -2.23. The van der Waals surface area contributed by atoms with E-state index in [9.17, 15) is 9.18 Å². The normalized spacial score (nSPS) is 18.3. The molecule has 114 valence electrons. The molecule has 1 aromatic heterocycles. The van der Waals surface area contributed by atoms with E-state index < -0.39 is 0 Å². The second kappa shape index (κ2) is 6.26. The maximum Gasteiger partial charge on any atom is 0.219 e. The van der Waals surface area contributed by atoms with E-state index in [0.29, 0.717) is 0 Å². The number of aromatic nitrogens is 1. The smallest absolute Gasteiger partial charge is 0.219 e. The number of rotatable bonds is 2. The van der Waals surface area contributed by atoms with Crippen molar-refractivity contribution in [3.8, 4) is 11.3 Å². The molecule has 1 amide bonds. The number of hydrogen-bond donors (Lipinski definition) is 0. The highest BCUT2D eigenvalue weighted by atomic mass is 19.1. The molecule has 1 aromatic carbocycles. The summed E-state index contributed by atoms with van der Waals surface area (Å²) in [6.07, 6.45) is 2.05. The van der Waals surface area contributed by atoms with Gasteiger partial charge in [0.15, 0.2) is 0 Å². The SMILES string of the molecule is CC(=O)N1CCC[C@H](c2cccc(-c3ccc(F)cc3)n2)C1. The number of likely N-dealkylation sites (tertiary alicyclic amines) is 1. The van der Waals surface area contributed by atoms with Gasteiger partial charge in [-0.25, -0.2) is 4.39 Å². The zero-order chi connectivity index (χ0) is 15.5. The van der Waals surface area contributed by atoms with Crippen LogP contribution in [0.25, 0.3) is 11.3 Å². The zero-order valence-electron chi connectivity index (χ0n) is 12.6. The van der Waals surface area contributed by atoms with Gasteiger partial charge in [-0.05, 0) is 49.2 Å². The summed E-state index contributed by atoms with van der Waals surface area (Å²) in [5, 5.41) is 0. The van der Waals surface area contributed by atoms with Gasteiger partial charge in [0.1, 0.15) is 5.82 Å². The summed E-state index contributed by atoms with van der Waals surface area (Å²) in [4.78, 5) is 18.2. The van der Waals surface area contributed by atoms with Gasteiger partial charge >= 0.3 is 0 Å². The Morgan fingerprint density at radius 3 is 2.73 bits per heavy atom. The van der Waals surface area contributed by atoms with E-state index in [0.717, 1.165) is 42.9 Å². The number of carbonyl (C=O) groups is 1. The second-order valence-corrected chi connectivity index (χ2v) is 5.76. The Bertz CT molecular complexity index is 669. The highest BCUT2D eigenvalue weighted by molar-refractivity contribution is 5.73. The Kier molecular flexibility index (Phi) is 4.18. The van der Waals surface area contributed by atoms with Gasteiger partial charge in [0.05, 0.1) is 5.69 Å². The van der Waals surface area contributed by atoms with Crippen LogP contribution in [-0.4, -0.2) is 28.9 Å². The van der Waals surface area contributed by atoms with Crippen LogP contribution in [0.5, 0.6) is 0 Å². The molecule has 3 rings (SSSR count). The lowest BCUT2D eigenvalue weighted by molar-refractivity contribution is -0.130. The van der Waals surface area contributed by atoms with E-state index in [1.54, 1.807) is 19.1 Å². The lowest BCUT2D eigenvalue weighted by atomic mass is 9.94. The number of amides is 1. The van der Waals surface area contributed by atoms with Crippen LogP contribution in [0.2, 0.25) is 0 Å². The van der Waals surface area contributed by atoms with Crippen LogP contribution in [-0.2, 0) is 4.79 Å². The van der Waals surface area contributed by atoms with E-state index in [-0.39, 0.29) is 17.6 Å². The summed E-state index contributed by atoms with van der Waals surface area (Å²) in [5.41, 5.74) is 2.76. The third-order valence-corrected chi connectivity index (χ3v) is 4.20. The number of piperidine rings is 1. The highest BCUT2D eigenvalue weighted by Crippen LogP contribution is 2.27. The van der Waals surface area contributed by atoms with E-state index in [4.69, 9.17) is 4.98 Å². The lowest BCUT2D eigenvalue weighted by Gasteiger charge is -2.31. The van der Waals surface area contributed by atoms with Gasteiger partial charge in [0.2, 0.25) is 5.91 Å². The molecule has 1 saturated heterocycles. The van der Waals surface area contributed by atoms with Crippen molar-refractivity contribution in [3.05, 3.63) is 54.0 Å². The fourth-order valence-corrected chi connectivity index (χ4v) is 2.96. The first-order chi connectivity index (χ1) is 10.6. The standard InChI is InChI=1S/C18H19FN2O/c1-13(22)21-11-3-4-15(12-21)18-6-2-5-17(20-18)14-7-9-16(19)10-8-14/h2,5-10,15H,3-4,11-12H2,1H3/t15-/m0/s1. The summed E-state index contributed by atoms with van der Waals surface area (Å²) in [6, 6.07) is 12.3. The largest absolute Gasteiger partial charge is 0.342 e. The lowest BCUT2D eigenvalue weighted by Crippen LogP contribution is -2.37. The highest BCUT2D eigenvalue weighted by Gasteiger charge is 2.23. The molecule has 0 radical (unpaired) electrons. The van der Waals surface area contributed by atoms with Crippen LogP contribution in [0.1, 0.15) is 31.4 Å². The quantitative estimate of drug-likeness (QED) is 0.848. The first kappa shape index (κ1) is 14.7. The molecule has 0 aliphatic carbocycles. The van der Waals surface area contributed by atoms with Crippen molar-refractivity contribution in [1.29, 1.82) is 0 Å². The van der Waals surface area contributed by atoms with Crippen molar-refractivity contribution in [2.75, 3.05) is 13.1 Å². The molecule has 1 aliphatic heterocycles. The fraction of sp³-hybridized carbons (Fsp3) is 0.333. The Labute approximate surface area is 129 Å². The topological polar surface area (TPSA) is 33.2 Å². The van der Waals surface area contributed by atoms with Crippen LogP contribution in [0, 0.1) is 5.82 Å². The van der Waals surface area contributed by atoms with E-state index in [2.05, 4.69) is 0 Å². The van der Waals surface area contributed by atoms with Crippen molar-refractivity contribution < 1.29 is 9.18 Å². The molecule has 1 atom stereocenters. The van der Waals surface area contributed by atoms with E-state index >= 15 is 0 Å². The van der Waals surface area contributed by atoms with Crippen molar-refractivity contribution >= 4 is 5.91 Å². The van der Waals surface area contributed by atoms with Gasteiger partial charge < -0.3 is 4.90 Å². The van der Waals surface area contributed by atoms with E-state index in [1.807, 2.05) is 23.1 Å². The third kappa shape index (κ3) is 3.16. The predicted octanol–water partition coefficient (Wildman–Crippen LogP) is 3.61. The van der Waals surface area contributed by atoms with Gasteiger partial charge in [-0.3, -0.25) is 9.78 Å². The molecule has 22 heavy (non-hydrogen) atoms. The molecule has 0 unspecified atom stereocenters. The molecule has 0 saturated carbocycles. The van der Waals surface area contributed by atoms with Crippen LogP contribution in [0.4, 0.5) is 4.39 Å².